The highest BCUT2D eigenvalue weighted by Crippen LogP contribution is 2.52. The van der Waals surface area contributed by atoms with E-state index in [-0.39, 0.29) is 41.5 Å². The van der Waals surface area contributed by atoms with Crippen molar-refractivity contribution in [3.63, 3.8) is 0 Å². The first-order chi connectivity index (χ1) is 16.7. The normalized spacial score (nSPS) is 28.8. The van der Waals surface area contributed by atoms with Crippen molar-refractivity contribution >= 4 is 35.8 Å². The first-order valence-corrected chi connectivity index (χ1v) is 12.4. The number of aliphatic hydroxyl groups is 1. The van der Waals surface area contributed by atoms with Gasteiger partial charge in [0.2, 0.25) is 5.91 Å². The summed E-state index contributed by atoms with van der Waals surface area (Å²) in [7, 11) is 0. The minimum atomic E-state index is -1.16. The summed E-state index contributed by atoms with van der Waals surface area (Å²) in [6.07, 6.45) is 8.01. The Labute approximate surface area is 208 Å². The minimum Gasteiger partial charge on any atom is -0.477 e. The smallest absolute Gasteiger partial charge is 0.410 e. The number of carboxylic acid groups (broad SMARTS) is 1. The summed E-state index contributed by atoms with van der Waals surface area (Å²) in [6.45, 7) is 7.49. The maximum Gasteiger partial charge on any atom is 0.410 e. The van der Waals surface area contributed by atoms with E-state index in [1.54, 1.807) is 24.2 Å². The van der Waals surface area contributed by atoms with Crippen molar-refractivity contribution in [3.8, 4) is 0 Å². The van der Waals surface area contributed by atoms with Crippen LogP contribution >= 0.6 is 11.8 Å². The van der Waals surface area contributed by atoms with Crippen LogP contribution in [0, 0.1) is 11.8 Å². The van der Waals surface area contributed by atoms with Crippen molar-refractivity contribution in [2.75, 3.05) is 13.2 Å². The van der Waals surface area contributed by atoms with Gasteiger partial charge in [0, 0.05) is 35.0 Å². The van der Waals surface area contributed by atoms with E-state index in [0.29, 0.717) is 17.9 Å². The fourth-order valence-corrected chi connectivity index (χ4v) is 6.61. The molecule has 2 fully saturated rings. The molecule has 9 nitrogen and oxygen atoms in total. The summed E-state index contributed by atoms with van der Waals surface area (Å²) in [6, 6.07) is 3.12. The Morgan fingerprint density at radius 1 is 1.43 bits per heavy atom. The number of carboxylic acids is 1. The molecule has 0 saturated carbocycles. The topological polar surface area (TPSA) is 120 Å². The molecule has 4 rings (SSSR count). The number of aliphatic carboxylic acids is 1. The van der Waals surface area contributed by atoms with Crippen LogP contribution in [0.15, 0.2) is 53.9 Å². The van der Waals surface area contributed by atoms with Crippen LogP contribution in [-0.4, -0.2) is 79.6 Å². The summed E-state index contributed by atoms with van der Waals surface area (Å²) in [4.78, 5) is 45.1. The van der Waals surface area contributed by atoms with E-state index in [4.69, 9.17) is 4.74 Å². The third-order valence-corrected chi connectivity index (χ3v) is 8.16. The number of amides is 2. The predicted molar refractivity (Wildman–Crippen MR) is 131 cm³/mol. The zero-order chi connectivity index (χ0) is 25.3. The molecule has 4 heterocycles. The van der Waals surface area contributed by atoms with Crippen molar-refractivity contribution in [1.82, 2.24) is 14.8 Å². The number of likely N-dealkylation sites (tertiary alicyclic amines) is 1. The molecule has 2 amide bonds. The second-order valence-corrected chi connectivity index (χ2v) is 10.3. The lowest BCUT2D eigenvalue weighted by Gasteiger charge is -2.46. The van der Waals surface area contributed by atoms with Gasteiger partial charge in [0.25, 0.3) is 0 Å². The fourth-order valence-electron chi connectivity index (χ4n) is 5.07. The molecule has 3 aliphatic rings. The average Bonchev–Trinajstić information content (AvgIpc) is 3.34. The molecule has 1 aromatic heterocycles. The van der Waals surface area contributed by atoms with E-state index in [1.807, 2.05) is 31.2 Å². The van der Waals surface area contributed by atoms with Crippen LogP contribution in [-0.2, 0) is 14.3 Å². The maximum absolute atomic E-state index is 12.7. The van der Waals surface area contributed by atoms with E-state index < -0.39 is 24.1 Å². The first-order valence-electron chi connectivity index (χ1n) is 11.5. The molecule has 0 aliphatic carbocycles. The lowest BCUT2D eigenvalue weighted by Crippen LogP contribution is -2.63. The van der Waals surface area contributed by atoms with Crippen molar-refractivity contribution in [1.29, 1.82) is 0 Å². The van der Waals surface area contributed by atoms with Gasteiger partial charge in [0.1, 0.15) is 12.3 Å². The van der Waals surface area contributed by atoms with Crippen LogP contribution in [0.2, 0.25) is 0 Å². The number of thioether (sulfide) groups is 1. The molecule has 10 heteroatoms. The molecule has 0 spiro atoms. The van der Waals surface area contributed by atoms with Crippen molar-refractivity contribution in [3.05, 3.63) is 59.4 Å². The molecule has 0 unspecified atom stereocenters. The molecular weight excluding hydrogens is 470 g/mol. The van der Waals surface area contributed by atoms with E-state index in [2.05, 4.69) is 11.6 Å². The number of hydrogen-bond acceptors (Lipinski definition) is 7. The van der Waals surface area contributed by atoms with Gasteiger partial charge in [-0.15, -0.1) is 11.8 Å². The number of aromatic nitrogens is 1. The molecule has 2 N–H and O–H groups in total. The number of hydrogen-bond donors (Lipinski definition) is 2. The monoisotopic (exact) mass is 499 g/mol. The van der Waals surface area contributed by atoms with E-state index in [9.17, 15) is 24.6 Å². The number of fused-ring (bicyclic) bond motifs is 1. The Hall–Kier alpha value is -3.11. The Morgan fingerprint density at radius 3 is 2.83 bits per heavy atom. The van der Waals surface area contributed by atoms with Crippen molar-refractivity contribution in [2.24, 2.45) is 11.8 Å². The number of nitrogens with zero attached hydrogens (tertiary/aromatic N) is 3. The number of aliphatic hydroxyl groups excluding tert-OH is 1. The second-order valence-electron chi connectivity index (χ2n) is 8.98. The van der Waals surface area contributed by atoms with Gasteiger partial charge in [-0.2, -0.15) is 0 Å². The Balaban J connectivity index is 1.56. The van der Waals surface area contributed by atoms with Crippen molar-refractivity contribution in [2.45, 2.75) is 43.7 Å². The number of rotatable bonds is 8. The van der Waals surface area contributed by atoms with Gasteiger partial charge in [-0.1, -0.05) is 37.8 Å². The summed E-state index contributed by atoms with van der Waals surface area (Å²) in [5.74, 6) is -2.35. The minimum absolute atomic E-state index is 0.00969. The average molecular weight is 500 g/mol. The molecule has 35 heavy (non-hydrogen) atoms. The van der Waals surface area contributed by atoms with E-state index in [0.717, 1.165) is 5.56 Å². The number of pyridine rings is 1. The van der Waals surface area contributed by atoms with Gasteiger partial charge >= 0.3 is 12.1 Å². The number of carbonyl (C=O) groups is 3. The van der Waals surface area contributed by atoms with Gasteiger partial charge in [-0.3, -0.25) is 9.78 Å². The largest absolute Gasteiger partial charge is 0.477 e. The van der Waals surface area contributed by atoms with Crippen LogP contribution < -0.4 is 0 Å². The quantitative estimate of drug-likeness (QED) is 0.414. The van der Waals surface area contributed by atoms with E-state index >= 15 is 0 Å². The maximum atomic E-state index is 12.7. The first kappa shape index (κ1) is 25.0. The standard InChI is InChI=1S/C25H29N3O6S/c1-4-10-34-25(33)27-13-18(11-17(27)8-7-16-6-5-9-26-12-16)35-22-14(2)20-19(15(3)29)23(30)28(20)21(22)24(31)32/h4-9,12,14-15,17-20,29H,1,10-11,13H2,2-3H3,(H,31,32)/b8-7+/t14-,15-,17-,18+,19-,20-/m1/s1. The molecule has 0 aromatic carbocycles. The van der Waals surface area contributed by atoms with Gasteiger partial charge in [0.15, 0.2) is 0 Å². The van der Waals surface area contributed by atoms with Gasteiger partial charge in [-0.05, 0) is 25.0 Å². The molecular formula is C25H29N3O6S. The third kappa shape index (κ3) is 4.72. The number of β-lactam (4-membered cyclic amide) rings is 1. The predicted octanol–water partition coefficient (Wildman–Crippen LogP) is 2.75. The lowest BCUT2D eigenvalue weighted by atomic mass is 9.79. The fraction of sp³-hybridized carbons (Fsp3) is 0.440. The highest BCUT2D eigenvalue weighted by molar-refractivity contribution is 8.03. The molecule has 186 valence electrons. The molecule has 6 atom stereocenters. The highest BCUT2D eigenvalue weighted by atomic mass is 32.2. The highest BCUT2D eigenvalue weighted by Gasteiger charge is 2.60. The summed E-state index contributed by atoms with van der Waals surface area (Å²) in [5.41, 5.74) is 0.889. The zero-order valence-electron chi connectivity index (χ0n) is 19.6. The Morgan fingerprint density at radius 2 is 2.20 bits per heavy atom. The van der Waals surface area contributed by atoms with Gasteiger partial charge < -0.3 is 24.7 Å². The van der Waals surface area contributed by atoms with Crippen LogP contribution in [0.4, 0.5) is 4.79 Å². The number of carbonyl (C=O) groups excluding carboxylic acids is 2. The van der Waals surface area contributed by atoms with Crippen LogP contribution in [0.3, 0.4) is 0 Å². The van der Waals surface area contributed by atoms with Gasteiger partial charge in [-0.25, -0.2) is 9.59 Å². The summed E-state index contributed by atoms with van der Waals surface area (Å²) < 4.78 is 5.28. The second kappa shape index (κ2) is 10.2. The summed E-state index contributed by atoms with van der Waals surface area (Å²) in [5, 5.41) is 19.9. The van der Waals surface area contributed by atoms with Crippen LogP contribution in [0.25, 0.3) is 6.08 Å². The molecule has 0 bridgehead atoms. The molecule has 0 radical (unpaired) electrons. The van der Waals surface area contributed by atoms with Crippen LogP contribution in [0.1, 0.15) is 25.8 Å². The third-order valence-electron chi connectivity index (χ3n) is 6.66. The van der Waals surface area contributed by atoms with Crippen molar-refractivity contribution < 1.29 is 29.3 Å². The van der Waals surface area contributed by atoms with Crippen LogP contribution in [0.5, 0.6) is 0 Å². The summed E-state index contributed by atoms with van der Waals surface area (Å²) >= 11 is 1.40. The Bertz CT molecular complexity index is 1070. The molecule has 1 aromatic rings. The molecule has 2 saturated heterocycles. The van der Waals surface area contributed by atoms with Gasteiger partial charge in [0.05, 0.1) is 24.1 Å². The lowest BCUT2D eigenvalue weighted by molar-refractivity contribution is -0.163. The zero-order valence-corrected chi connectivity index (χ0v) is 20.4. The van der Waals surface area contributed by atoms with E-state index in [1.165, 1.54) is 22.7 Å². The molecule has 3 aliphatic heterocycles. The Kier molecular flexibility index (Phi) is 7.32. The SMILES string of the molecule is C=CCOC(=O)N1C[C@@H](SC2=C(C(=O)O)N3C(=O)[C@H]([C@@H](C)O)[C@H]3[C@H]2C)C[C@H]1/C=C/c1cccnc1. The number of ether oxygens (including phenoxy) is 1.